The highest BCUT2D eigenvalue weighted by atomic mass is 14.9. The molecule has 1 aliphatic carbocycles. The van der Waals surface area contributed by atoms with Gasteiger partial charge in [0.05, 0.1) is 6.04 Å². The van der Waals surface area contributed by atoms with E-state index in [0.29, 0.717) is 6.04 Å². The van der Waals surface area contributed by atoms with Crippen molar-refractivity contribution in [2.45, 2.75) is 31.7 Å². The van der Waals surface area contributed by atoms with Crippen LogP contribution in [0.4, 0.5) is 0 Å². The molecule has 2 nitrogen and oxygen atoms in total. The summed E-state index contributed by atoms with van der Waals surface area (Å²) in [5, 5.41) is 3.57. The lowest BCUT2D eigenvalue weighted by Crippen LogP contribution is -2.35. The Labute approximate surface area is 84.8 Å². The number of aliphatic imine (C=N–C) groups is 1. The van der Waals surface area contributed by atoms with Gasteiger partial charge in [-0.15, -0.1) is 0 Å². The van der Waals surface area contributed by atoms with E-state index in [-0.39, 0.29) is 0 Å². The number of hydrogen-bond acceptors (Lipinski definition) is 2. The quantitative estimate of drug-likeness (QED) is 0.618. The van der Waals surface area contributed by atoms with E-state index >= 15 is 0 Å². The molecule has 1 saturated heterocycles. The molecule has 14 heavy (non-hydrogen) atoms. The lowest BCUT2D eigenvalue weighted by Gasteiger charge is -2.36. The summed E-state index contributed by atoms with van der Waals surface area (Å²) in [6.07, 6.45) is 11.5. The molecule has 0 aromatic heterocycles. The SMILES string of the molecule is C1=CC2=C3NCCCC3CCC2N=C1. The summed E-state index contributed by atoms with van der Waals surface area (Å²) in [4.78, 5) is 4.53. The standard InChI is InChI=1S/C12H16N2/c1-3-9-5-6-11-10(4-2-7-13-11)12(9)14-8-1/h2,4,7,9,11,14H,1,3,5-6,8H2. The number of fused-ring (bicyclic) bond motifs is 2. The van der Waals surface area contributed by atoms with E-state index in [1.807, 2.05) is 6.21 Å². The third-order valence-electron chi connectivity index (χ3n) is 3.54. The van der Waals surface area contributed by atoms with Crippen LogP contribution < -0.4 is 5.32 Å². The van der Waals surface area contributed by atoms with Crippen LogP contribution in [0.5, 0.6) is 0 Å². The normalized spacial score (nSPS) is 34.9. The van der Waals surface area contributed by atoms with Gasteiger partial charge in [0.1, 0.15) is 0 Å². The largest absolute Gasteiger partial charge is 0.388 e. The lowest BCUT2D eigenvalue weighted by atomic mass is 9.79. The molecule has 2 atom stereocenters. The number of piperidine rings is 1. The Kier molecular flexibility index (Phi) is 1.93. The molecule has 3 aliphatic rings. The molecule has 0 amide bonds. The molecule has 1 N–H and O–H groups in total. The van der Waals surface area contributed by atoms with E-state index in [1.165, 1.54) is 37.0 Å². The van der Waals surface area contributed by atoms with Crippen LogP contribution in [-0.4, -0.2) is 18.8 Å². The van der Waals surface area contributed by atoms with Crippen molar-refractivity contribution in [3.63, 3.8) is 0 Å². The number of nitrogens with zero attached hydrogens (tertiary/aromatic N) is 1. The molecule has 0 spiro atoms. The van der Waals surface area contributed by atoms with Crippen molar-refractivity contribution in [3.05, 3.63) is 23.4 Å². The number of rotatable bonds is 0. The molecule has 0 aromatic rings. The van der Waals surface area contributed by atoms with E-state index < -0.39 is 0 Å². The summed E-state index contributed by atoms with van der Waals surface area (Å²) in [6.45, 7) is 1.15. The third kappa shape index (κ3) is 1.21. The average Bonchev–Trinajstić information content (AvgIpc) is 2.29. The van der Waals surface area contributed by atoms with Crippen LogP contribution in [0.15, 0.2) is 28.4 Å². The van der Waals surface area contributed by atoms with Crippen LogP contribution in [0.3, 0.4) is 0 Å². The molecule has 1 fully saturated rings. The Morgan fingerprint density at radius 3 is 3.29 bits per heavy atom. The second-order valence-corrected chi connectivity index (χ2v) is 4.39. The van der Waals surface area contributed by atoms with Crippen molar-refractivity contribution in [1.82, 2.24) is 5.32 Å². The van der Waals surface area contributed by atoms with Crippen LogP contribution >= 0.6 is 0 Å². The maximum Gasteiger partial charge on any atom is 0.0765 e. The first-order valence-corrected chi connectivity index (χ1v) is 5.63. The first kappa shape index (κ1) is 8.27. The summed E-state index contributed by atoms with van der Waals surface area (Å²) in [6, 6.07) is 0.455. The van der Waals surface area contributed by atoms with Gasteiger partial charge in [0.15, 0.2) is 0 Å². The van der Waals surface area contributed by atoms with Gasteiger partial charge >= 0.3 is 0 Å². The van der Waals surface area contributed by atoms with E-state index in [4.69, 9.17) is 0 Å². The van der Waals surface area contributed by atoms with Crippen molar-refractivity contribution >= 4 is 6.21 Å². The van der Waals surface area contributed by atoms with E-state index in [2.05, 4.69) is 22.5 Å². The number of allylic oxidation sites excluding steroid dienone is 2. The van der Waals surface area contributed by atoms with Gasteiger partial charge in [0.25, 0.3) is 0 Å². The fourth-order valence-electron chi connectivity index (χ4n) is 2.84. The molecule has 74 valence electrons. The number of dihydropyridines is 1. The zero-order chi connectivity index (χ0) is 9.38. The van der Waals surface area contributed by atoms with Gasteiger partial charge in [-0.3, -0.25) is 4.99 Å². The Morgan fingerprint density at radius 2 is 2.29 bits per heavy atom. The maximum absolute atomic E-state index is 4.53. The summed E-state index contributed by atoms with van der Waals surface area (Å²) < 4.78 is 0. The summed E-state index contributed by atoms with van der Waals surface area (Å²) in [5.74, 6) is 0.799. The highest BCUT2D eigenvalue weighted by molar-refractivity contribution is 5.74. The second-order valence-electron chi connectivity index (χ2n) is 4.39. The predicted octanol–water partition coefficient (Wildman–Crippen LogP) is 2.04. The van der Waals surface area contributed by atoms with E-state index in [0.717, 1.165) is 12.5 Å². The molecule has 0 bridgehead atoms. The highest BCUT2D eigenvalue weighted by Crippen LogP contribution is 2.36. The molecule has 2 heteroatoms. The fraction of sp³-hybridized carbons (Fsp3) is 0.583. The van der Waals surface area contributed by atoms with Crippen molar-refractivity contribution in [3.8, 4) is 0 Å². The first-order chi connectivity index (χ1) is 6.95. The number of hydrogen-bond donors (Lipinski definition) is 1. The first-order valence-electron chi connectivity index (χ1n) is 5.63. The Morgan fingerprint density at radius 1 is 1.29 bits per heavy atom. The van der Waals surface area contributed by atoms with Crippen LogP contribution in [0.1, 0.15) is 25.7 Å². The minimum atomic E-state index is 0.455. The zero-order valence-corrected chi connectivity index (χ0v) is 8.37. The van der Waals surface area contributed by atoms with Gasteiger partial charge in [-0.1, -0.05) is 6.08 Å². The average molecular weight is 188 g/mol. The van der Waals surface area contributed by atoms with E-state index in [9.17, 15) is 0 Å². The number of nitrogens with one attached hydrogen (secondary N) is 1. The molecular weight excluding hydrogens is 172 g/mol. The van der Waals surface area contributed by atoms with Gasteiger partial charge < -0.3 is 5.32 Å². The Bertz CT molecular complexity index is 325. The minimum Gasteiger partial charge on any atom is -0.388 e. The molecular formula is C12H16N2. The summed E-state index contributed by atoms with van der Waals surface area (Å²) >= 11 is 0. The van der Waals surface area contributed by atoms with Crippen LogP contribution in [0.25, 0.3) is 0 Å². The monoisotopic (exact) mass is 188 g/mol. The fourth-order valence-corrected chi connectivity index (χ4v) is 2.84. The smallest absolute Gasteiger partial charge is 0.0765 e. The van der Waals surface area contributed by atoms with Crippen molar-refractivity contribution < 1.29 is 0 Å². The minimum absolute atomic E-state index is 0.455. The van der Waals surface area contributed by atoms with Crippen molar-refractivity contribution in [2.24, 2.45) is 10.9 Å². The van der Waals surface area contributed by atoms with Gasteiger partial charge in [-0.25, -0.2) is 0 Å². The van der Waals surface area contributed by atoms with Gasteiger partial charge in [-0.05, 0) is 43.3 Å². The van der Waals surface area contributed by atoms with Crippen LogP contribution in [-0.2, 0) is 0 Å². The molecule has 2 aliphatic heterocycles. The van der Waals surface area contributed by atoms with Crippen LogP contribution in [0.2, 0.25) is 0 Å². The Hall–Kier alpha value is -1.05. The zero-order valence-electron chi connectivity index (χ0n) is 8.37. The van der Waals surface area contributed by atoms with Gasteiger partial charge in [-0.2, -0.15) is 0 Å². The highest BCUT2D eigenvalue weighted by Gasteiger charge is 2.30. The lowest BCUT2D eigenvalue weighted by molar-refractivity contribution is 0.373. The molecule has 3 rings (SSSR count). The molecule has 0 radical (unpaired) electrons. The topological polar surface area (TPSA) is 24.4 Å². The van der Waals surface area contributed by atoms with Gasteiger partial charge in [0, 0.05) is 18.5 Å². The predicted molar refractivity (Wildman–Crippen MR) is 58.4 cm³/mol. The summed E-state index contributed by atoms with van der Waals surface area (Å²) in [5.41, 5.74) is 2.96. The van der Waals surface area contributed by atoms with Crippen LogP contribution in [0, 0.1) is 5.92 Å². The van der Waals surface area contributed by atoms with Crippen molar-refractivity contribution in [2.75, 3.05) is 6.54 Å². The van der Waals surface area contributed by atoms with E-state index in [1.54, 1.807) is 0 Å². The second kappa shape index (κ2) is 3.26. The molecule has 2 unspecified atom stereocenters. The maximum atomic E-state index is 4.53. The molecule has 0 aromatic carbocycles. The third-order valence-corrected chi connectivity index (χ3v) is 3.54. The molecule has 0 saturated carbocycles. The Balaban J connectivity index is 2.00. The van der Waals surface area contributed by atoms with Crippen molar-refractivity contribution in [1.29, 1.82) is 0 Å². The summed E-state index contributed by atoms with van der Waals surface area (Å²) in [7, 11) is 0. The van der Waals surface area contributed by atoms with Gasteiger partial charge in [0.2, 0.25) is 0 Å². The molecule has 2 heterocycles.